The zero-order valence-corrected chi connectivity index (χ0v) is 14.1. The molecule has 1 aliphatic heterocycles. The molecule has 0 aliphatic carbocycles. The number of piperidine rings is 1. The lowest BCUT2D eigenvalue weighted by molar-refractivity contribution is 0.0131. The second-order valence-electron chi connectivity index (χ2n) is 6.01. The molecule has 22 heavy (non-hydrogen) atoms. The van der Waals surface area contributed by atoms with Gasteiger partial charge in [0.15, 0.2) is 0 Å². The van der Waals surface area contributed by atoms with Gasteiger partial charge in [0.05, 0.1) is 11.4 Å². The minimum absolute atomic E-state index is 0.115. The van der Waals surface area contributed by atoms with Crippen molar-refractivity contribution in [2.24, 2.45) is 0 Å². The summed E-state index contributed by atoms with van der Waals surface area (Å²) in [5.41, 5.74) is -1.04. The quantitative estimate of drug-likeness (QED) is 0.846. The van der Waals surface area contributed by atoms with Crippen molar-refractivity contribution in [3.63, 3.8) is 0 Å². The summed E-state index contributed by atoms with van der Waals surface area (Å²) in [5.74, 6) is 0.934. The first-order chi connectivity index (χ1) is 10.4. The fraction of sp³-hybridized carbons (Fsp3) is 0.667. The summed E-state index contributed by atoms with van der Waals surface area (Å²) in [6.07, 6.45) is 3.71. The molecule has 0 aromatic carbocycles. The second-order valence-corrected chi connectivity index (χ2v) is 8.20. The average Bonchev–Trinajstić information content (AvgIpc) is 2.47. The number of hydrogen-bond donors (Lipinski definition) is 1. The van der Waals surface area contributed by atoms with Gasteiger partial charge in [0.25, 0.3) is 0 Å². The lowest BCUT2D eigenvalue weighted by Crippen LogP contribution is -2.55. The fourth-order valence-corrected chi connectivity index (χ4v) is 4.17. The van der Waals surface area contributed by atoms with Crippen LogP contribution >= 0.6 is 0 Å². The minimum Gasteiger partial charge on any atom is -0.387 e. The second kappa shape index (κ2) is 6.93. The molecule has 0 radical (unpaired) electrons. The van der Waals surface area contributed by atoms with Crippen molar-refractivity contribution in [2.75, 3.05) is 37.3 Å². The van der Waals surface area contributed by atoms with E-state index < -0.39 is 15.6 Å². The lowest BCUT2D eigenvalue weighted by atomic mass is 9.93. The zero-order chi connectivity index (χ0) is 16.2. The summed E-state index contributed by atoms with van der Waals surface area (Å²) in [6.45, 7) is 3.18. The predicted octanol–water partition coefficient (Wildman–Crippen LogP) is 1.08. The maximum atomic E-state index is 12.1. The van der Waals surface area contributed by atoms with Crippen LogP contribution in [0.1, 0.15) is 26.2 Å². The molecule has 6 nitrogen and oxygen atoms in total. The van der Waals surface area contributed by atoms with Crippen molar-refractivity contribution in [3.8, 4) is 0 Å². The Labute approximate surface area is 132 Å². The molecule has 1 aliphatic rings. The topological polar surface area (TPSA) is 73.7 Å². The van der Waals surface area contributed by atoms with Crippen molar-refractivity contribution >= 4 is 15.8 Å². The maximum absolute atomic E-state index is 12.1. The van der Waals surface area contributed by atoms with Crippen LogP contribution in [-0.2, 0) is 10.0 Å². The SMILES string of the molecule is CCCS(=O)(=O)N(C)C[C@@]1(O)CCCN(c2ccccn2)C1. The van der Waals surface area contributed by atoms with Crippen molar-refractivity contribution < 1.29 is 13.5 Å². The summed E-state index contributed by atoms with van der Waals surface area (Å²) in [6, 6.07) is 5.67. The van der Waals surface area contributed by atoms with Gasteiger partial charge in [-0.1, -0.05) is 13.0 Å². The van der Waals surface area contributed by atoms with Crippen LogP contribution in [0.15, 0.2) is 24.4 Å². The van der Waals surface area contributed by atoms with E-state index in [1.165, 1.54) is 4.31 Å². The number of aliphatic hydroxyl groups is 1. The Morgan fingerprint density at radius 1 is 1.45 bits per heavy atom. The first-order valence-corrected chi connectivity index (χ1v) is 9.30. The standard InChI is InChI=1S/C15H25N3O3S/c1-3-11-22(20,21)17(2)12-15(19)8-6-10-18(13-15)14-7-4-5-9-16-14/h4-5,7,9,19H,3,6,8,10-13H2,1-2H3/t15-/m0/s1. The van der Waals surface area contributed by atoms with Gasteiger partial charge in [-0.2, -0.15) is 0 Å². The molecule has 1 aromatic heterocycles. The van der Waals surface area contributed by atoms with Gasteiger partial charge in [-0.05, 0) is 31.4 Å². The number of pyridine rings is 1. The van der Waals surface area contributed by atoms with E-state index in [2.05, 4.69) is 4.98 Å². The molecule has 0 saturated carbocycles. The monoisotopic (exact) mass is 327 g/mol. The van der Waals surface area contributed by atoms with E-state index in [0.717, 1.165) is 18.8 Å². The molecule has 0 bridgehead atoms. The van der Waals surface area contributed by atoms with Crippen LogP contribution in [0.2, 0.25) is 0 Å². The molecular weight excluding hydrogens is 302 g/mol. The number of nitrogens with zero attached hydrogens (tertiary/aromatic N) is 3. The van der Waals surface area contributed by atoms with E-state index in [0.29, 0.717) is 19.4 Å². The van der Waals surface area contributed by atoms with Gasteiger partial charge >= 0.3 is 0 Å². The van der Waals surface area contributed by atoms with Crippen molar-refractivity contribution in [1.29, 1.82) is 0 Å². The van der Waals surface area contributed by atoms with E-state index in [4.69, 9.17) is 0 Å². The molecule has 2 rings (SSSR count). The third kappa shape index (κ3) is 4.18. The van der Waals surface area contributed by atoms with Gasteiger partial charge in [-0.25, -0.2) is 17.7 Å². The Hall–Kier alpha value is -1.18. The number of anilines is 1. The molecule has 1 fully saturated rings. The van der Waals surface area contributed by atoms with Gasteiger partial charge in [0.1, 0.15) is 5.82 Å². The van der Waals surface area contributed by atoms with Crippen LogP contribution < -0.4 is 4.90 Å². The van der Waals surface area contributed by atoms with Crippen LogP contribution in [0.25, 0.3) is 0 Å². The van der Waals surface area contributed by atoms with Gasteiger partial charge in [0.2, 0.25) is 10.0 Å². The Balaban J connectivity index is 2.07. The highest BCUT2D eigenvalue weighted by Gasteiger charge is 2.37. The van der Waals surface area contributed by atoms with Gasteiger partial charge < -0.3 is 10.0 Å². The Morgan fingerprint density at radius 3 is 2.86 bits per heavy atom. The van der Waals surface area contributed by atoms with Crippen molar-refractivity contribution in [3.05, 3.63) is 24.4 Å². The highest BCUT2D eigenvalue weighted by atomic mass is 32.2. The van der Waals surface area contributed by atoms with Crippen LogP contribution in [0.4, 0.5) is 5.82 Å². The predicted molar refractivity (Wildman–Crippen MR) is 87.3 cm³/mol. The number of rotatable bonds is 6. The molecule has 0 spiro atoms. The van der Waals surface area contributed by atoms with Gasteiger partial charge in [-0.15, -0.1) is 0 Å². The van der Waals surface area contributed by atoms with E-state index >= 15 is 0 Å². The molecule has 0 amide bonds. The summed E-state index contributed by atoms with van der Waals surface area (Å²) in [4.78, 5) is 6.33. The Morgan fingerprint density at radius 2 is 2.23 bits per heavy atom. The van der Waals surface area contributed by atoms with Gasteiger partial charge in [0, 0.05) is 32.9 Å². The number of sulfonamides is 1. The van der Waals surface area contributed by atoms with Crippen LogP contribution in [0.5, 0.6) is 0 Å². The van der Waals surface area contributed by atoms with Crippen molar-refractivity contribution in [2.45, 2.75) is 31.8 Å². The summed E-state index contributed by atoms with van der Waals surface area (Å²) < 4.78 is 25.5. The first kappa shape index (κ1) is 17.2. The normalized spacial score (nSPS) is 23.0. The van der Waals surface area contributed by atoms with Crippen LogP contribution in [-0.4, -0.2) is 60.8 Å². The smallest absolute Gasteiger partial charge is 0.213 e. The Bertz CT molecular complexity index is 579. The molecule has 1 aromatic rings. The average molecular weight is 327 g/mol. The molecule has 1 N–H and O–H groups in total. The molecule has 7 heteroatoms. The van der Waals surface area contributed by atoms with Crippen LogP contribution in [0.3, 0.4) is 0 Å². The van der Waals surface area contributed by atoms with E-state index in [-0.39, 0.29) is 12.3 Å². The summed E-state index contributed by atoms with van der Waals surface area (Å²) >= 11 is 0. The molecular formula is C15H25N3O3S. The Kier molecular flexibility index (Phi) is 5.41. The highest BCUT2D eigenvalue weighted by molar-refractivity contribution is 7.89. The molecule has 0 unspecified atom stereocenters. The number of β-amino-alcohol motifs (C(OH)–C–C–N with tert-alkyl or cyclic N) is 1. The molecule has 2 heterocycles. The third-order valence-corrected chi connectivity index (χ3v) is 5.99. The molecule has 1 atom stereocenters. The molecule has 1 saturated heterocycles. The maximum Gasteiger partial charge on any atom is 0.213 e. The van der Waals surface area contributed by atoms with Gasteiger partial charge in [-0.3, -0.25) is 0 Å². The lowest BCUT2D eigenvalue weighted by Gasteiger charge is -2.41. The summed E-state index contributed by atoms with van der Waals surface area (Å²) in [5, 5.41) is 10.8. The van der Waals surface area contributed by atoms with E-state index in [1.54, 1.807) is 13.2 Å². The summed E-state index contributed by atoms with van der Waals surface area (Å²) in [7, 11) is -1.75. The zero-order valence-electron chi connectivity index (χ0n) is 13.3. The number of hydrogen-bond acceptors (Lipinski definition) is 5. The van der Waals surface area contributed by atoms with Crippen molar-refractivity contribution in [1.82, 2.24) is 9.29 Å². The van der Waals surface area contributed by atoms with Crippen LogP contribution in [0, 0.1) is 0 Å². The van der Waals surface area contributed by atoms with E-state index in [9.17, 15) is 13.5 Å². The number of aromatic nitrogens is 1. The third-order valence-electron chi connectivity index (χ3n) is 3.98. The molecule has 124 valence electrons. The highest BCUT2D eigenvalue weighted by Crippen LogP contribution is 2.26. The van der Waals surface area contributed by atoms with E-state index in [1.807, 2.05) is 30.0 Å². The first-order valence-electron chi connectivity index (χ1n) is 7.69. The number of likely N-dealkylation sites (N-methyl/N-ethyl adjacent to an activating group) is 1. The minimum atomic E-state index is -3.29. The largest absolute Gasteiger partial charge is 0.387 e. The fourth-order valence-electron chi connectivity index (χ4n) is 2.90.